The highest BCUT2D eigenvalue weighted by Crippen LogP contribution is 2.47. The van der Waals surface area contributed by atoms with Gasteiger partial charge < -0.3 is 5.32 Å². The van der Waals surface area contributed by atoms with Crippen LogP contribution in [0.5, 0.6) is 0 Å². The highest BCUT2D eigenvalue weighted by molar-refractivity contribution is 6.23. The number of benzene rings is 1. The van der Waals surface area contributed by atoms with Gasteiger partial charge in [-0.3, -0.25) is 29.4 Å². The Morgan fingerprint density at radius 2 is 1.87 bits per heavy atom. The molecule has 1 saturated heterocycles. The van der Waals surface area contributed by atoms with Crippen LogP contribution in [0, 0.1) is 17.8 Å². The van der Waals surface area contributed by atoms with E-state index in [2.05, 4.69) is 21.2 Å². The average Bonchev–Trinajstić information content (AvgIpc) is 3.34. The van der Waals surface area contributed by atoms with Crippen molar-refractivity contribution in [3.63, 3.8) is 0 Å². The van der Waals surface area contributed by atoms with Gasteiger partial charge in [-0.2, -0.15) is 5.10 Å². The molecule has 0 aromatic heterocycles. The highest BCUT2D eigenvalue weighted by atomic mass is 16.2. The van der Waals surface area contributed by atoms with Crippen LogP contribution in [-0.4, -0.2) is 46.8 Å². The summed E-state index contributed by atoms with van der Waals surface area (Å²) in [5, 5.41) is 8.58. The molecule has 1 aromatic carbocycles. The number of hydrogen-bond donors (Lipinski definition) is 3. The fraction of sp³-hybridized carbons (Fsp3) is 0.429. The molecule has 3 N–H and O–H groups in total. The van der Waals surface area contributed by atoms with Crippen molar-refractivity contribution in [1.29, 1.82) is 0 Å². The Morgan fingerprint density at radius 1 is 1.13 bits per heavy atom. The number of hydrazone groups is 1. The summed E-state index contributed by atoms with van der Waals surface area (Å²) in [5.41, 5.74) is 3.10. The first-order valence-corrected chi connectivity index (χ1v) is 10.2. The SMILES string of the molecule is CC(=O)Nc1ccc(C(=O)N/N=C\[C@H]2C(=O)NC(=O)N([C@@H]3C[C@H]4CC[C@H]3C4)C2=O)cc1. The van der Waals surface area contributed by atoms with Crippen LogP contribution in [0.4, 0.5) is 10.5 Å². The van der Waals surface area contributed by atoms with E-state index in [4.69, 9.17) is 0 Å². The number of urea groups is 1. The second-order valence-electron chi connectivity index (χ2n) is 8.20. The van der Waals surface area contributed by atoms with Crippen molar-refractivity contribution in [1.82, 2.24) is 15.6 Å². The zero-order chi connectivity index (χ0) is 22.1. The number of rotatable bonds is 5. The van der Waals surface area contributed by atoms with E-state index in [-0.39, 0.29) is 23.4 Å². The first-order chi connectivity index (χ1) is 14.8. The maximum Gasteiger partial charge on any atom is 0.331 e. The molecule has 10 heteroatoms. The molecule has 2 aliphatic carbocycles. The standard InChI is InChI=1S/C21H23N5O5/c1-11(27)23-15-6-4-13(5-7-15)18(28)25-22-10-16-19(29)24-21(31)26(20(16)30)17-9-12-2-3-14(17)8-12/h4-7,10,12,14,16-17H,2-3,8-9H2,1H3,(H,23,27)(H,25,28)(H,24,29,31)/b22-10-/t12-,14-,16-,17+/m0/s1. The Kier molecular flexibility index (Phi) is 5.53. The summed E-state index contributed by atoms with van der Waals surface area (Å²) in [6.45, 7) is 1.38. The lowest BCUT2D eigenvalue weighted by Gasteiger charge is -2.36. The highest BCUT2D eigenvalue weighted by Gasteiger charge is 2.50. The fourth-order valence-corrected chi connectivity index (χ4v) is 4.72. The summed E-state index contributed by atoms with van der Waals surface area (Å²) in [5.74, 6) is -2.61. The van der Waals surface area contributed by atoms with Crippen LogP contribution in [0.25, 0.3) is 0 Å². The number of anilines is 1. The van der Waals surface area contributed by atoms with Crippen molar-refractivity contribution in [2.75, 3.05) is 5.32 Å². The van der Waals surface area contributed by atoms with Crippen molar-refractivity contribution in [3.05, 3.63) is 29.8 Å². The number of carbonyl (C=O) groups is 5. The quantitative estimate of drug-likeness (QED) is 0.370. The molecular formula is C21H23N5O5. The van der Waals surface area contributed by atoms with Crippen LogP contribution in [0.2, 0.25) is 0 Å². The molecule has 3 aliphatic rings. The van der Waals surface area contributed by atoms with Gasteiger partial charge in [-0.05, 0) is 55.4 Å². The molecule has 0 spiro atoms. The van der Waals surface area contributed by atoms with Gasteiger partial charge in [-0.25, -0.2) is 10.2 Å². The first kappa shape index (κ1) is 20.7. The Bertz CT molecular complexity index is 973. The van der Waals surface area contributed by atoms with Crippen molar-refractivity contribution in [3.8, 4) is 0 Å². The molecule has 4 atom stereocenters. The monoisotopic (exact) mass is 425 g/mol. The van der Waals surface area contributed by atoms with E-state index in [1.807, 2.05) is 0 Å². The second-order valence-corrected chi connectivity index (χ2v) is 8.20. The third-order valence-corrected chi connectivity index (χ3v) is 6.12. The number of amides is 6. The van der Waals surface area contributed by atoms with Gasteiger partial charge in [-0.1, -0.05) is 6.42 Å². The van der Waals surface area contributed by atoms with E-state index in [0.29, 0.717) is 11.6 Å². The minimum Gasteiger partial charge on any atom is -0.326 e. The molecule has 6 amide bonds. The molecule has 0 unspecified atom stereocenters. The summed E-state index contributed by atoms with van der Waals surface area (Å²) < 4.78 is 0. The number of nitrogens with one attached hydrogen (secondary N) is 3. The lowest BCUT2D eigenvalue weighted by molar-refractivity contribution is -0.141. The van der Waals surface area contributed by atoms with Gasteiger partial charge in [0.2, 0.25) is 17.7 Å². The Hall–Kier alpha value is -3.56. The molecular weight excluding hydrogens is 402 g/mol. The van der Waals surface area contributed by atoms with Gasteiger partial charge in [0.25, 0.3) is 5.91 Å². The summed E-state index contributed by atoms with van der Waals surface area (Å²) in [6, 6.07) is 5.27. The predicted molar refractivity (Wildman–Crippen MR) is 110 cm³/mol. The first-order valence-electron chi connectivity index (χ1n) is 10.2. The molecule has 10 nitrogen and oxygen atoms in total. The lowest BCUT2D eigenvalue weighted by atomic mass is 9.92. The van der Waals surface area contributed by atoms with E-state index in [0.717, 1.165) is 31.9 Å². The number of imide groups is 2. The molecule has 162 valence electrons. The molecule has 4 rings (SSSR count). The van der Waals surface area contributed by atoms with Crippen LogP contribution in [0.3, 0.4) is 0 Å². The maximum absolute atomic E-state index is 12.9. The zero-order valence-electron chi connectivity index (χ0n) is 17.0. The average molecular weight is 425 g/mol. The molecule has 31 heavy (non-hydrogen) atoms. The molecule has 1 aliphatic heterocycles. The van der Waals surface area contributed by atoms with Gasteiger partial charge in [0.1, 0.15) is 0 Å². The molecule has 2 bridgehead atoms. The third kappa shape index (κ3) is 4.18. The third-order valence-electron chi connectivity index (χ3n) is 6.12. The molecule has 1 aromatic rings. The van der Waals surface area contributed by atoms with Crippen LogP contribution < -0.4 is 16.1 Å². The molecule has 3 fully saturated rings. The smallest absolute Gasteiger partial charge is 0.326 e. The molecule has 2 saturated carbocycles. The largest absolute Gasteiger partial charge is 0.331 e. The van der Waals surface area contributed by atoms with Crippen molar-refractivity contribution >= 4 is 41.6 Å². The van der Waals surface area contributed by atoms with Gasteiger partial charge >= 0.3 is 6.03 Å². The molecule has 0 radical (unpaired) electrons. The number of barbiturate groups is 1. The number of hydrogen-bond acceptors (Lipinski definition) is 6. The number of nitrogens with zero attached hydrogens (tertiary/aromatic N) is 2. The topological polar surface area (TPSA) is 137 Å². The Morgan fingerprint density at radius 3 is 2.48 bits per heavy atom. The minimum absolute atomic E-state index is 0.188. The Balaban J connectivity index is 1.40. The van der Waals surface area contributed by atoms with Crippen LogP contribution in [-0.2, 0) is 14.4 Å². The van der Waals surface area contributed by atoms with Gasteiger partial charge in [0.05, 0.1) is 0 Å². The Labute approximate surface area is 178 Å². The normalized spacial score (nSPS) is 27.5. The van der Waals surface area contributed by atoms with E-state index in [1.165, 1.54) is 24.0 Å². The van der Waals surface area contributed by atoms with Gasteiger partial charge in [0, 0.05) is 30.4 Å². The van der Waals surface area contributed by atoms with E-state index >= 15 is 0 Å². The zero-order valence-corrected chi connectivity index (χ0v) is 17.0. The minimum atomic E-state index is -1.28. The summed E-state index contributed by atoms with van der Waals surface area (Å²) in [6.07, 6.45) is 4.93. The summed E-state index contributed by atoms with van der Waals surface area (Å²) >= 11 is 0. The summed E-state index contributed by atoms with van der Waals surface area (Å²) in [4.78, 5) is 61.8. The van der Waals surface area contributed by atoms with Crippen molar-refractivity contribution in [2.24, 2.45) is 22.9 Å². The lowest BCUT2D eigenvalue weighted by Crippen LogP contribution is -2.62. The van der Waals surface area contributed by atoms with Crippen LogP contribution >= 0.6 is 0 Å². The maximum atomic E-state index is 12.9. The number of fused-ring (bicyclic) bond motifs is 2. The second kappa shape index (κ2) is 8.29. The van der Waals surface area contributed by atoms with Gasteiger partial charge in [-0.15, -0.1) is 0 Å². The van der Waals surface area contributed by atoms with Crippen molar-refractivity contribution < 1.29 is 24.0 Å². The van der Waals surface area contributed by atoms with Crippen molar-refractivity contribution in [2.45, 2.75) is 38.6 Å². The van der Waals surface area contributed by atoms with Crippen LogP contribution in [0.1, 0.15) is 43.0 Å². The fourth-order valence-electron chi connectivity index (χ4n) is 4.72. The predicted octanol–water partition coefficient (Wildman–Crippen LogP) is 1.24. The number of carbonyl (C=O) groups excluding carboxylic acids is 5. The van der Waals surface area contributed by atoms with E-state index in [9.17, 15) is 24.0 Å². The van der Waals surface area contributed by atoms with E-state index < -0.39 is 29.7 Å². The van der Waals surface area contributed by atoms with Gasteiger partial charge in [0.15, 0.2) is 5.92 Å². The van der Waals surface area contributed by atoms with Crippen LogP contribution in [0.15, 0.2) is 29.4 Å². The molecule has 1 heterocycles. The summed E-state index contributed by atoms with van der Waals surface area (Å²) in [7, 11) is 0. The van der Waals surface area contributed by atoms with E-state index in [1.54, 1.807) is 12.1 Å².